The number of hydrogen-bond acceptors (Lipinski definition) is 7. The zero-order valence-corrected chi connectivity index (χ0v) is 11.7. The first-order chi connectivity index (χ1) is 10.1. The van der Waals surface area contributed by atoms with Crippen LogP contribution >= 0.6 is 23.1 Å². The first kappa shape index (κ1) is 11.6. The van der Waals surface area contributed by atoms with Crippen LogP contribution in [0.15, 0.2) is 17.1 Å². The Bertz CT molecular complexity index is 837. The van der Waals surface area contributed by atoms with Crippen LogP contribution in [0.2, 0.25) is 5.75 Å². The molecule has 1 N–H and O–H groups in total. The Kier molecular flexibility index (Phi) is 2.94. The zero-order chi connectivity index (χ0) is 15.0. The molecule has 0 amide bonds. The first-order valence-corrected chi connectivity index (χ1v) is 6.52. The largest absolute Gasteiger partial charge is 0.472 e. The maximum atomic E-state index is 11.8. The standard InChI is InChI=1S/C9H8ClN7O2S/c1-16-9(18)17(15-14-16)8-5(7(10)20-13-8)4-19-6-2-3-11-12-6/h2-3H,4H2,1H3,(H,11,12)/i/hT. The molecule has 0 bridgehead atoms. The van der Waals surface area contributed by atoms with Crippen molar-refractivity contribution >= 4 is 23.1 Å². The Morgan fingerprint density at radius 1 is 1.60 bits per heavy atom. The molecule has 20 heavy (non-hydrogen) atoms. The molecule has 0 atom stereocenters. The van der Waals surface area contributed by atoms with Gasteiger partial charge in [0.2, 0.25) is 5.88 Å². The Hall–Kier alpha value is -2.20. The van der Waals surface area contributed by atoms with Gasteiger partial charge in [0.15, 0.2) is 7.23 Å². The maximum Gasteiger partial charge on any atom is 0.369 e. The molecule has 0 radical (unpaired) electrons. The molecule has 0 unspecified atom stereocenters. The van der Waals surface area contributed by atoms with E-state index in [2.05, 4.69) is 19.9 Å². The van der Waals surface area contributed by atoms with Crippen LogP contribution in [-0.2, 0) is 13.7 Å². The lowest BCUT2D eigenvalue weighted by Gasteiger charge is -2.03. The van der Waals surface area contributed by atoms with Gasteiger partial charge in [0.1, 0.15) is 10.9 Å². The van der Waals surface area contributed by atoms with Crippen molar-refractivity contribution in [3.8, 4) is 11.7 Å². The highest BCUT2D eigenvalue weighted by atomic mass is 35.5. The van der Waals surface area contributed by atoms with Gasteiger partial charge in [-0.1, -0.05) is 11.6 Å². The third-order valence-electron chi connectivity index (χ3n) is 2.45. The van der Waals surface area contributed by atoms with Gasteiger partial charge in [-0.3, -0.25) is 5.09 Å². The van der Waals surface area contributed by atoms with E-state index >= 15 is 0 Å². The van der Waals surface area contributed by atoms with Crippen LogP contribution in [-0.4, -0.2) is 34.4 Å². The summed E-state index contributed by atoms with van der Waals surface area (Å²) in [6.07, 6.45) is 1.43. The molecule has 11 heteroatoms. The number of aryl methyl sites for hydroxylation is 1. The molecule has 0 spiro atoms. The van der Waals surface area contributed by atoms with E-state index < -0.39 is 5.69 Å². The van der Waals surface area contributed by atoms with Crippen LogP contribution in [0.4, 0.5) is 0 Å². The van der Waals surface area contributed by atoms with Crippen LogP contribution in [0.1, 0.15) is 5.56 Å². The van der Waals surface area contributed by atoms with Gasteiger partial charge >= 0.3 is 5.69 Å². The Labute approximate surface area is 122 Å². The molecule has 3 rings (SSSR count). The molecule has 0 aliphatic heterocycles. The Morgan fingerprint density at radius 3 is 3.10 bits per heavy atom. The number of halogens is 1. The molecule has 0 aromatic carbocycles. The van der Waals surface area contributed by atoms with Crippen LogP contribution in [0.3, 0.4) is 0 Å². The van der Waals surface area contributed by atoms with Crippen molar-refractivity contribution in [2.24, 2.45) is 7.05 Å². The quantitative estimate of drug-likeness (QED) is 0.746. The second-order valence-electron chi connectivity index (χ2n) is 3.71. The second kappa shape index (κ2) is 5.06. The number of rotatable bonds is 4. The number of nitrogens with zero attached hydrogens (tertiary/aromatic N) is 6. The number of tetrazole rings is 1. The number of hydrogen-bond donors (Lipinski definition) is 1. The molecule has 0 saturated heterocycles. The van der Waals surface area contributed by atoms with E-state index in [0.717, 1.165) is 26.0 Å². The summed E-state index contributed by atoms with van der Waals surface area (Å²) in [4.78, 5) is 11.8. The van der Waals surface area contributed by atoms with Crippen molar-refractivity contribution in [1.29, 1.82) is 0 Å². The van der Waals surface area contributed by atoms with Gasteiger partial charge in [-0.05, 0) is 22.0 Å². The van der Waals surface area contributed by atoms with Gasteiger partial charge in [-0.2, -0.15) is 9.06 Å². The minimum Gasteiger partial charge on any atom is -0.472 e. The molecule has 0 fully saturated rings. The third-order valence-corrected chi connectivity index (χ3v) is 3.55. The molecule has 3 aromatic heterocycles. The number of aromatic amines is 1. The van der Waals surface area contributed by atoms with E-state index in [-0.39, 0.29) is 18.3 Å². The van der Waals surface area contributed by atoms with Crippen molar-refractivity contribution in [3.05, 3.63) is 32.6 Å². The molecule has 0 aliphatic rings. The van der Waals surface area contributed by atoms with E-state index in [9.17, 15) is 4.79 Å². The SMILES string of the molecule is [3H]n1ccc(OCc2c(-n3nnn(C)c3=O)nsc2Cl)n1. The van der Waals surface area contributed by atoms with E-state index in [1.165, 1.54) is 19.3 Å². The summed E-state index contributed by atoms with van der Waals surface area (Å²) in [5, 5.41) is 12.0. The molecule has 3 heterocycles. The van der Waals surface area contributed by atoms with Crippen LogP contribution < -0.4 is 10.4 Å². The lowest BCUT2D eigenvalue weighted by Crippen LogP contribution is -2.23. The summed E-state index contributed by atoms with van der Waals surface area (Å²) in [5.41, 5.74) is 0.0671. The minimum atomic E-state index is -0.436. The summed E-state index contributed by atoms with van der Waals surface area (Å²) >= 11 is 7.09. The van der Waals surface area contributed by atoms with Crippen molar-refractivity contribution in [2.45, 2.75) is 6.61 Å². The topological polar surface area (TPSA) is 104 Å². The molecule has 0 aliphatic carbocycles. The van der Waals surface area contributed by atoms with Crippen molar-refractivity contribution in [1.82, 2.24) is 34.4 Å². The van der Waals surface area contributed by atoms with Crippen molar-refractivity contribution in [3.63, 3.8) is 0 Å². The van der Waals surface area contributed by atoms with Crippen molar-refractivity contribution < 1.29 is 6.15 Å². The normalized spacial score (nSPS) is 11.6. The van der Waals surface area contributed by atoms with Crippen LogP contribution in [0.5, 0.6) is 5.88 Å². The molecular weight excluding hydrogens is 306 g/mol. The number of nitrogens with one attached hydrogen (secondary N) is 1. The molecule has 3 aromatic rings. The number of H-pyrrole nitrogens is 1. The summed E-state index contributed by atoms with van der Waals surface area (Å²) in [7, 11) is 1.48. The lowest BCUT2D eigenvalue weighted by atomic mass is 10.3. The van der Waals surface area contributed by atoms with Crippen LogP contribution in [0.25, 0.3) is 5.82 Å². The van der Waals surface area contributed by atoms with E-state index in [1.54, 1.807) is 0 Å². The monoisotopic (exact) mass is 315 g/mol. The second-order valence-corrected chi connectivity index (χ2v) is 5.09. The number of aromatic nitrogens is 7. The van der Waals surface area contributed by atoms with E-state index in [1.807, 2.05) is 0 Å². The highest BCUT2D eigenvalue weighted by molar-refractivity contribution is 7.11. The molecule has 9 nitrogen and oxygen atoms in total. The summed E-state index contributed by atoms with van der Waals surface area (Å²) in [5.74, 6) is 0.540. The summed E-state index contributed by atoms with van der Waals surface area (Å²) in [6.45, 7) is 0.0463. The Morgan fingerprint density at radius 2 is 2.45 bits per heavy atom. The third kappa shape index (κ3) is 2.18. The average Bonchev–Trinajstić information content (AvgIpc) is 3.11. The smallest absolute Gasteiger partial charge is 0.369 e. The van der Waals surface area contributed by atoms with Gasteiger partial charge < -0.3 is 4.74 Å². The summed E-state index contributed by atoms with van der Waals surface area (Å²) < 4.78 is 19.3. The molecular formula is C9H8ClN7O2S. The highest BCUT2D eigenvalue weighted by Gasteiger charge is 2.19. The lowest BCUT2D eigenvalue weighted by molar-refractivity contribution is 0.293. The fourth-order valence-corrected chi connectivity index (χ4v) is 2.32. The summed E-state index contributed by atoms with van der Waals surface area (Å²) in [6, 6.07) is 1.54. The van der Waals surface area contributed by atoms with Crippen molar-refractivity contribution in [2.75, 3.05) is 0 Å². The first-order valence-electron chi connectivity index (χ1n) is 5.82. The maximum absolute atomic E-state index is 11.8. The predicted molar refractivity (Wildman–Crippen MR) is 70.2 cm³/mol. The van der Waals surface area contributed by atoms with E-state index in [0.29, 0.717) is 9.90 Å². The van der Waals surface area contributed by atoms with E-state index in [4.69, 9.17) is 17.7 Å². The van der Waals surface area contributed by atoms with Gasteiger partial charge in [0.25, 0.3) is 0 Å². The Balaban J connectivity index is 1.90. The van der Waals surface area contributed by atoms with Gasteiger partial charge in [-0.25, -0.2) is 4.79 Å². The molecule has 104 valence electrons. The predicted octanol–water partition coefficient (Wildman–Crippen LogP) is 0.378. The van der Waals surface area contributed by atoms with Crippen LogP contribution in [0, 0.1) is 0 Å². The van der Waals surface area contributed by atoms with Gasteiger partial charge in [0.05, 0.1) is 5.56 Å². The fourth-order valence-electron chi connectivity index (χ4n) is 1.46. The number of ether oxygens (including phenoxy) is 1. The van der Waals surface area contributed by atoms with Gasteiger partial charge in [0, 0.05) is 19.3 Å². The average molecular weight is 316 g/mol. The molecule has 0 saturated carbocycles. The fraction of sp³-hybridized carbons (Fsp3) is 0.222. The van der Waals surface area contributed by atoms with Gasteiger partial charge in [-0.15, -0.1) is 9.78 Å². The highest BCUT2D eigenvalue weighted by Crippen LogP contribution is 2.27. The zero-order valence-electron chi connectivity index (χ0n) is 11.1. The minimum absolute atomic E-state index is 0.0463.